The maximum absolute atomic E-state index is 5.80. The number of hydrogen-bond acceptors (Lipinski definition) is 4. The van der Waals surface area contributed by atoms with Crippen LogP contribution < -0.4 is 11.3 Å². The molecular formula is C15H23BrN4S. The molecule has 2 aromatic heterocycles. The Balaban J connectivity index is 2.32. The van der Waals surface area contributed by atoms with Gasteiger partial charge in [-0.05, 0) is 54.8 Å². The first-order chi connectivity index (χ1) is 10.0. The van der Waals surface area contributed by atoms with E-state index in [1.807, 2.05) is 11.3 Å². The van der Waals surface area contributed by atoms with Gasteiger partial charge in [0.15, 0.2) is 0 Å². The van der Waals surface area contributed by atoms with E-state index in [2.05, 4.69) is 64.9 Å². The van der Waals surface area contributed by atoms with E-state index in [0.717, 1.165) is 29.6 Å². The lowest BCUT2D eigenvalue weighted by atomic mass is 10.1. The molecule has 0 aliphatic heterocycles. The van der Waals surface area contributed by atoms with Crippen molar-refractivity contribution in [1.29, 1.82) is 0 Å². The maximum atomic E-state index is 5.80. The minimum absolute atomic E-state index is 0.116. The van der Waals surface area contributed by atoms with Gasteiger partial charge in [0.2, 0.25) is 0 Å². The summed E-state index contributed by atoms with van der Waals surface area (Å²) in [4.78, 5) is 2.63. The van der Waals surface area contributed by atoms with Crippen LogP contribution >= 0.6 is 27.3 Å². The topological polar surface area (TPSA) is 55.9 Å². The zero-order valence-electron chi connectivity index (χ0n) is 13.0. The molecule has 2 aromatic rings. The smallest absolute Gasteiger partial charge is 0.0766 e. The molecule has 0 spiro atoms. The maximum Gasteiger partial charge on any atom is 0.0766 e. The molecule has 1 atom stereocenters. The van der Waals surface area contributed by atoms with Gasteiger partial charge in [-0.1, -0.05) is 6.92 Å². The summed E-state index contributed by atoms with van der Waals surface area (Å²) in [6.45, 7) is 9.41. The molecule has 0 bridgehead atoms. The number of aryl methyl sites for hydroxylation is 4. The number of nitrogens with one attached hydrogen (secondary N) is 1. The fourth-order valence-corrected chi connectivity index (χ4v) is 4.25. The second kappa shape index (κ2) is 7.05. The highest BCUT2D eigenvalue weighted by Gasteiger charge is 2.20. The third-order valence-corrected chi connectivity index (χ3v) is 6.00. The van der Waals surface area contributed by atoms with E-state index >= 15 is 0 Å². The van der Waals surface area contributed by atoms with Crippen molar-refractivity contribution in [3.63, 3.8) is 0 Å². The van der Waals surface area contributed by atoms with Gasteiger partial charge in [-0.25, -0.2) is 0 Å². The number of thiophene rings is 1. The van der Waals surface area contributed by atoms with Crippen LogP contribution in [0, 0.1) is 13.8 Å². The molecule has 0 radical (unpaired) electrons. The predicted octanol–water partition coefficient (Wildman–Crippen LogP) is 3.65. The normalized spacial score (nSPS) is 12.9. The van der Waals surface area contributed by atoms with Gasteiger partial charge in [-0.3, -0.25) is 16.0 Å². The Bertz CT molecular complexity index is 598. The van der Waals surface area contributed by atoms with Crippen LogP contribution in [0.3, 0.4) is 0 Å². The third-order valence-electron chi connectivity index (χ3n) is 3.82. The molecule has 0 amide bonds. The first kappa shape index (κ1) is 16.7. The summed E-state index contributed by atoms with van der Waals surface area (Å²) in [5, 5.41) is 4.66. The second-order valence-electron chi connectivity index (χ2n) is 5.19. The molecule has 0 aliphatic carbocycles. The lowest BCUT2D eigenvalue weighted by molar-refractivity contribution is 0.521. The minimum atomic E-state index is 0.116. The highest BCUT2D eigenvalue weighted by atomic mass is 79.9. The molecule has 116 valence electrons. The van der Waals surface area contributed by atoms with Gasteiger partial charge >= 0.3 is 0 Å². The molecule has 3 N–H and O–H groups in total. The molecule has 4 nitrogen and oxygen atoms in total. The number of aromatic nitrogens is 2. The van der Waals surface area contributed by atoms with Gasteiger partial charge in [0.25, 0.3) is 0 Å². The van der Waals surface area contributed by atoms with Crippen LogP contribution in [0.25, 0.3) is 0 Å². The van der Waals surface area contributed by atoms with Gasteiger partial charge in [0, 0.05) is 22.7 Å². The molecule has 6 heteroatoms. The van der Waals surface area contributed by atoms with Crippen LogP contribution in [-0.2, 0) is 19.4 Å². The second-order valence-corrected chi connectivity index (χ2v) is 7.27. The largest absolute Gasteiger partial charge is 0.271 e. The lowest BCUT2D eigenvalue weighted by Gasteiger charge is -2.15. The first-order valence-electron chi connectivity index (χ1n) is 7.28. The van der Waals surface area contributed by atoms with E-state index in [9.17, 15) is 0 Å². The Hall–Kier alpha value is -0.690. The number of rotatable bonds is 6. The van der Waals surface area contributed by atoms with Crippen LogP contribution in [0.4, 0.5) is 0 Å². The molecule has 0 saturated heterocycles. The highest BCUT2D eigenvalue weighted by molar-refractivity contribution is 9.10. The standard InChI is InChI=1S/C15H23BrN4S/c1-5-11-15(16)13(20(6-2)19-11)8-12(18-17)14-7-9(3)10(4)21-14/h7,12,18H,5-6,8,17H2,1-4H3. The summed E-state index contributed by atoms with van der Waals surface area (Å²) in [5.74, 6) is 5.80. The number of nitrogens with zero attached hydrogens (tertiary/aromatic N) is 2. The van der Waals surface area contributed by atoms with E-state index in [4.69, 9.17) is 5.84 Å². The first-order valence-corrected chi connectivity index (χ1v) is 8.89. The van der Waals surface area contributed by atoms with Crippen LogP contribution in [0.1, 0.15) is 46.6 Å². The zero-order valence-corrected chi connectivity index (χ0v) is 15.4. The van der Waals surface area contributed by atoms with Crippen molar-refractivity contribution in [3.8, 4) is 0 Å². The fraction of sp³-hybridized carbons (Fsp3) is 0.533. The molecule has 2 rings (SSSR count). The molecule has 21 heavy (non-hydrogen) atoms. The Morgan fingerprint density at radius 3 is 2.62 bits per heavy atom. The third kappa shape index (κ3) is 3.39. The summed E-state index contributed by atoms with van der Waals surface area (Å²) >= 11 is 5.52. The lowest BCUT2D eigenvalue weighted by Crippen LogP contribution is -2.29. The van der Waals surface area contributed by atoms with Crippen LogP contribution in [0.2, 0.25) is 0 Å². The van der Waals surface area contributed by atoms with E-state index in [0.29, 0.717) is 0 Å². The molecular weight excluding hydrogens is 348 g/mol. The van der Waals surface area contributed by atoms with Crippen molar-refractivity contribution in [1.82, 2.24) is 15.2 Å². The highest BCUT2D eigenvalue weighted by Crippen LogP contribution is 2.31. The monoisotopic (exact) mass is 370 g/mol. The van der Waals surface area contributed by atoms with Crippen molar-refractivity contribution in [2.24, 2.45) is 5.84 Å². The summed E-state index contributed by atoms with van der Waals surface area (Å²) < 4.78 is 3.19. The molecule has 1 unspecified atom stereocenters. The zero-order chi connectivity index (χ0) is 15.6. The Morgan fingerprint density at radius 1 is 1.43 bits per heavy atom. The van der Waals surface area contributed by atoms with Crippen molar-refractivity contribution < 1.29 is 0 Å². The van der Waals surface area contributed by atoms with Crippen molar-refractivity contribution in [2.75, 3.05) is 0 Å². The Labute approximate surface area is 138 Å². The Morgan fingerprint density at radius 2 is 2.14 bits per heavy atom. The number of halogens is 1. The average molecular weight is 371 g/mol. The van der Waals surface area contributed by atoms with E-state index in [1.165, 1.54) is 21.0 Å². The predicted molar refractivity (Wildman–Crippen MR) is 92.5 cm³/mol. The van der Waals surface area contributed by atoms with Gasteiger partial charge in [0.1, 0.15) is 0 Å². The van der Waals surface area contributed by atoms with E-state index < -0.39 is 0 Å². The summed E-state index contributed by atoms with van der Waals surface area (Å²) in [7, 11) is 0. The number of hydrogen-bond donors (Lipinski definition) is 2. The summed E-state index contributed by atoms with van der Waals surface area (Å²) in [6, 6.07) is 2.34. The van der Waals surface area contributed by atoms with Crippen molar-refractivity contribution in [3.05, 3.63) is 37.2 Å². The number of nitrogens with two attached hydrogens (primary N) is 1. The van der Waals surface area contributed by atoms with E-state index in [-0.39, 0.29) is 6.04 Å². The summed E-state index contributed by atoms with van der Waals surface area (Å²) in [5.41, 5.74) is 6.61. The van der Waals surface area contributed by atoms with Gasteiger partial charge in [-0.2, -0.15) is 5.10 Å². The van der Waals surface area contributed by atoms with Gasteiger partial charge < -0.3 is 0 Å². The Kier molecular flexibility index (Phi) is 5.60. The molecule has 0 saturated carbocycles. The molecule has 0 fully saturated rings. The van der Waals surface area contributed by atoms with Gasteiger partial charge in [0.05, 0.1) is 21.9 Å². The van der Waals surface area contributed by atoms with Crippen molar-refractivity contribution >= 4 is 27.3 Å². The molecule has 0 aromatic carbocycles. The average Bonchev–Trinajstić information content (AvgIpc) is 2.96. The SMILES string of the molecule is CCc1nn(CC)c(CC(NN)c2cc(C)c(C)s2)c1Br. The number of hydrazine groups is 1. The molecule has 0 aliphatic rings. The van der Waals surface area contributed by atoms with Crippen LogP contribution in [0.5, 0.6) is 0 Å². The van der Waals surface area contributed by atoms with Gasteiger partial charge in [-0.15, -0.1) is 11.3 Å². The van der Waals surface area contributed by atoms with Crippen LogP contribution in [-0.4, -0.2) is 9.78 Å². The summed E-state index contributed by atoms with van der Waals surface area (Å²) in [6.07, 6.45) is 1.76. The van der Waals surface area contributed by atoms with E-state index in [1.54, 1.807) is 0 Å². The minimum Gasteiger partial charge on any atom is -0.271 e. The van der Waals surface area contributed by atoms with Crippen molar-refractivity contribution in [2.45, 2.75) is 53.1 Å². The molecule has 2 heterocycles. The van der Waals surface area contributed by atoms with Crippen LogP contribution in [0.15, 0.2) is 10.5 Å². The fourth-order valence-electron chi connectivity index (χ4n) is 2.42. The quantitative estimate of drug-likeness (QED) is 0.602.